The van der Waals surface area contributed by atoms with Gasteiger partial charge in [-0.1, -0.05) is 0 Å². The molecule has 2 rings (SSSR count). The monoisotopic (exact) mass is 299 g/mol. The average Bonchev–Trinajstić information content (AvgIpc) is 2.87. The summed E-state index contributed by atoms with van der Waals surface area (Å²) in [6.07, 6.45) is -3.52. The Morgan fingerprint density at radius 2 is 1.86 bits per heavy atom. The molecule has 0 aliphatic rings. The van der Waals surface area contributed by atoms with Crippen LogP contribution in [0.1, 0.15) is 16.1 Å². The Morgan fingerprint density at radius 3 is 2.33 bits per heavy atom. The number of rotatable bonds is 4. The average molecular weight is 299 g/mol. The van der Waals surface area contributed by atoms with Crippen LogP contribution in [0.4, 0.5) is 18.9 Å². The van der Waals surface area contributed by atoms with Crippen LogP contribution in [0, 0.1) is 10.1 Å². The van der Waals surface area contributed by atoms with Crippen molar-refractivity contribution in [3.8, 4) is 0 Å². The molecule has 0 N–H and O–H groups in total. The molecule has 21 heavy (non-hydrogen) atoms. The number of aromatic nitrogens is 2. The Bertz CT molecular complexity index is 677. The van der Waals surface area contributed by atoms with Crippen LogP contribution in [-0.4, -0.2) is 20.5 Å². The number of hydrogen-bond acceptors (Lipinski definition) is 4. The Morgan fingerprint density at radius 1 is 1.24 bits per heavy atom. The van der Waals surface area contributed by atoms with Gasteiger partial charge in [-0.3, -0.25) is 19.6 Å². The van der Waals surface area contributed by atoms with Gasteiger partial charge >= 0.3 is 6.18 Å². The highest BCUT2D eigenvalue weighted by Crippen LogP contribution is 2.27. The molecule has 0 aliphatic heterocycles. The van der Waals surface area contributed by atoms with Gasteiger partial charge in [-0.05, 0) is 18.2 Å². The van der Waals surface area contributed by atoms with Crippen LogP contribution in [0.25, 0.3) is 0 Å². The van der Waals surface area contributed by atoms with Crippen LogP contribution >= 0.6 is 0 Å². The molecule has 0 fully saturated rings. The number of carbonyl (C=O) groups is 1. The van der Waals surface area contributed by atoms with Crippen molar-refractivity contribution in [2.24, 2.45) is 0 Å². The van der Waals surface area contributed by atoms with Crippen molar-refractivity contribution in [3.05, 3.63) is 57.9 Å². The first-order valence-corrected chi connectivity index (χ1v) is 5.65. The lowest BCUT2D eigenvalue weighted by molar-refractivity contribution is -0.384. The maximum Gasteiger partial charge on any atom is 0.435 e. The summed E-state index contributed by atoms with van der Waals surface area (Å²) in [5, 5.41) is 13.7. The quantitative estimate of drug-likeness (QED) is 0.494. The molecule has 0 aliphatic carbocycles. The first-order valence-electron chi connectivity index (χ1n) is 5.65. The number of hydrogen-bond donors (Lipinski definition) is 0. The van der Waals surface area contributed by atoms with Crippen LogP contribution in [-0.2, 0) is 12.7 Å². The Labute approximate surface area is 116 Å². The number of ketones is 1. The van der Waals surface area contributed by atoms with Gasteiger partial charge in [0.1, 0.15) is 6.54 Å². The third-order valence-corrected chi connectivity index (χ3v) is 2.64. The van der Waals surface area contributed by atoms with Gasteiger partial charge in [-0.25, -0.2) is 0 Å². The van der Waals surface area contributed by atoms with E-state index in [1.165, 1.54) is 12.1 Å². The van der Waals surface area contributed by atoms with Gasteiger partial charge in [0.2, 0.25) is 0 Å². The van der Waals surface area contributed by atoms with Gasteiger partial charge in [0, 0.05) is 23.9 Å². The fraction of sp³-hybridized carbons (Fsp3) is 0.167. The SMILES string of the molecule is O=C(Cn1ccc(C(F)(F)F)n1)c1ccc([N+](=O)[O-])cc1. The fourth-order valence-electron chi connectivity index (χ4n) is 1.61. The molecule has 1 aromatic heterocycles. The minimum Gasteiger partial charge on any atom is -0.292 e. The van der Waals surface area contributed by atoms with Crippen molar-refractivity contribution in [2.45, 2.75) is 12.7 Å². The molecule has 0 saturated heterocycles. The number of halogens is 3. The van der Waals surface area contributed by atoms with E-state index in [2.05, 4.69) is 5.10 Å². The zero-order valence-electron chi connectivity index (χ0n) is 10.4. The lowest BCUT2D eigenvalue weighted by Crippen LogP contribution is -2.13. The van der Waals surface area contributed by atoms with E-state index in [4.69, 9.17) is 0 Å². The van der Waals surface area contributed by atoms with E-state index in [0.717, 1.165) is 29.1 Å². The summed E-state index contributed by atoms with van der Waals surface area (Å²) < 4.78 is 37.9. The molecule has 6 nitrogen and oxygen atoms in total. The molecule has 110 valence electrons. The second-order valence-corrected chi connectivity index (χ2v) is 4.12. The van der Waals surface area contributed by atoms with Crippen molar-refractivity contribution >= 4 is 11.5 Å². The number of Topliss-reactive ketones (excluding diaryl/α,β-unsaturated/α-hetero) is 1. The smallest absolute Gasteiger partial charge is 0.292 e. The van der Waals surface area contributed by atoms with Gasteiger partial charge in [0.15, 0.2) is 11.5 Å². The summed E-state index contributed by atoms with van der Waals surface area (Å²) in [6.45, 7) is -0.381. The van der Waals surface area contributed by atoms with E-state index in [1.807, 2.05) is 0 Å². The predicted octanol–water partition coefficient (Wildman–Crippen LogP) is 2.69. The van der Waals surface area contributed by atoms with Crippen molar-refractivity contribution in [2.75, 3.05) is 0 Å². The van der Waals surface area contributed by atoms with E-state index in [1.54, 1.807) is 0 Å². The summed E-state index contributed by atoms with van der Waals surface area (Å²) in [4.78, 5) is 21.7. The zero-order valence-corrected chi connectivity index (χ0v) is 10.4. The van der Waals surface area contributed by atoms with Gasteiger partial charge in [0.25, 0.3) is 5.69 Å². The summed E-state index contributed by atoms with van der Waals surface area (Å²) in [7, 11) is 0. The summed E-state index contributed by atoms with van der Waals surface area (Å²) >= 11 is 0. The van der Waals surface area contributed by atoms with E-state index in [0.29, 0.717) is 0 Å². The molecule has 0 saturated carbocycles. The van der Waals surface area contributed by atoms with Crippen molar-refractivity contribution in [1.29, 1.82) is 0 Å². The van der Waals surface area contributed by atoms with Crippen LogP contribution in [0.2, 0.25) is 0 Å². The van der Waals surface area contributed by atoms with Crippen LogP contribution < -0.4 is 0 Å². The maximum atomic E-state index is 12.4. The number of alkyl halides is 3. The molecule has 1 aromatic carbocycles. The molecule has 0 spiro atoms. The number of non-ortho nitro benzene ring substituents is 1. The third kappa shape index (κ3) is 3.44. The lowest BCUT2D eigenvalue weighted by Gasteiger charge is -2.03. The van der Waals surface area contributed by atoms with Crippen LogP contribution in [0.3, 0.4) is 0 Å². The Hall–Kier alpha value is -2.71. The Balaban J connectivity index is 2.11. The van der Waals surface area contributed by atoms with Crippen molar-refractivity contribution < 1.29 is 22.9 Å². The highest BCUT2D eigenvalue weighted by atomic mass is 19.4. The van der Waals surface area contributed by atoms with Crippen molar-refractivity contribution in [1.82, 2.24) is 9.78 Å². The molecule has 2 aromatic rings. The number of carbonyl (C=O) groups excluding carboxylic acids is 1. The van der Waals surface area contributed by atoms with Gasteiger partial charge in [-0.15, -0.1) is 0 Å². The second-order valence-electron chi connectivity index (χ2n) is 4.12. The predicted molar refractivity (Wildman–Crippen MR) is 64.7 cm³/mol. The molecular formula is C12H8F3N3O3. The topological polar surface area (TPSA) is 78.0 Å². The molecular weight excluding hydrogens is 291 g/mol. The van der Waals surface area contributed by atoms with Gasteiger partial charge < -0.3 is 0 Å². The highest BCUT2D eigenvalue weighted by molar-refractivity contribution is 5.96. The van der Waals surface area contributed by atoms with E-state index < -0.39 is 22.6 Å². The largest absolute Gasteiger partial charge is 0.435 e. The minimum atomic E-state index is -4.57. The first kappa shape index (κ1) is 14.7. The fourth-order valence-corrected chi connectivity index (χ4v) is 1.61. The molecule has 0 unspecified atom stereocenters. The van der Waals surface area contributed by atoms with E-state index in [-0.39, 0.29) is 17.8 Å². The molecule has 9 heteroatoms. The standard InChI is InChI=1S/C12H8F3N3O3/c13-12(14,15)11-5-6-17(16-11)7-10(19)8-1-3-9(4-2-8)18(20)21/h1-6H,7H2. The van der Waals surface area contributed by atoms with E-state index >= 15 is 0 Å². The number of nitrogens with zero attached hydrogens (tertiary/aromatic N) is 3. The first-order chi connectivity index (χ1) is 9.77. The third-order valence-electron chi connectivity index (χ3n) is 2.64. The number of nitro benzene ring substituents is 1. The minimum absolute atomic E-state index is 0.157. The molecule has 0 radical (unpaired) electrons. The van der Waals surface area contributed by atoms with Gasteiger partial charge in [-0.2, -0.15) is 18.3 Å². The molecule has 0 amide bonds. The van der Waals surface area contributed by atoms with Crippen LogP contribution in [0.5, 0.6) is 0 Å². The second kappa shape index (κ2) is 5.35. The number of benzene rings is 1. The molecule has 0 atom stereocenters. The summed E-state index contributed by atoms with van der Waals surface area (Å²) in [6, 6.07) is 5.56. The molecule has 1 heterocycles. The summed E-state index contributed by atoms with van der Waals surface area (Å²) in [5.41, 5.74) is -1.10. The van der Waals surface area contributed by atoms with Crippen molar-refractivity contribution in [3.63, 3.8) is 0 Å². The summed E-state index contributed by atoms with van der Waals surface area (Å²) in [5.74, 6) is -0.498. The lowest BCUT2D eigenvalue weighted by atomic mass is 10.1. The zero-order chi connectivity index (χ0) is 15.6. The Kier molecular flexibility index (Phi) is 3.74. The highest BCUT2D eigenvalue weighted by Gasteiger charge is 2.33. The maximum absolute atomic E-state index is 12.4. The van der Waals surface area contributed by atoms with Gasteiger partial charge in [0.05, 0.1) is 4.92 Å². The molecule has 0 bridgehead atoms. The van der Waals surface area contributed by atoms with Crippen LogP contribution in [0.15, 0.2) is 36.5 Å². The number of nitro groups is 1. The normalized spacial score (nSPS) is 11.4. The van der Waals surface area contributed by atoms with E-state index in [9.17, 15) is 28.1 Å².